The molecule has 0 unspecified atom stereocenters. The molecule has 0 bridgehead atoms. The fourth-order valence-corrected chi connectivity index (χ4v) is 1.27. The molecule has 0 saturated carbocycles. The zero-order chi connectivity index (χ0) is 14.1. The van der Waals surface area contributed by atoms with Crippen LogP contribution in [0.5, 0.6) is 0 Å². The zero-order valence-electron chi connectivity index (χ0n) is 8.29. The molecule has 0 heterocycles. The summed E-state index contributed by atoms with van der Waals surface area (Å²) in [5, 5.41) is 1.26. The maximum atomic E-state index is 13.1. The molecule has 0 atom stereocenters. The van der Waals surface area contributed by atoms with E-state index in [4.69, 9.17) is 0 Å². The number of nitrogens with one attached hydrogen (secondary N) is 1. The van der Waals surface area contributed by atoms with Crippen LogP contribution in [0.1, 0.15) is 0 Å². The molecule has 1 N–H and O–H groups in total. The highest BCUT2D eigenvalue weighted by molar-refractivity contribution is 9.10. The fourth-order valence-electron chi connectivity index (χ4n) is 0.923. The van der Waals surface area contributed by atoms with Gasteiger partial charge >= 0.3 is 18.3 Å². The van der Waals surface area contributed by atoms with Gasteiger partial charge in [0.25, 0.3) is 0 Å². The Morgan fingerprint density at radius 2 is 1.78 bits per heavy atom. The Balaban J connectivity index is 2.99. The van der Waals surface area contributed by atoms with E-state index in [1.807, 2.05) is 0 Å². The molecule has 1 aromatic carbocycles. The summed E-state index contributed by atoms with van der Waals surface area (Å²) >= 11 is 2.62. The van der Waals surface area contributed by atoms with Crippen LogP contribution < -0.4 is 5.32 Å². The maximum Gasteiger partial charge on any atom is 0.383 e. The van der Waals surface area contributed by atoms with Crippen molar-refractivity contribution in [1.29, 1.82) is 0 Å². The quantitative estimate of drug-likeness (QED) is 0.664. The fraction of sp³-hybridized carbons (Fsp3) is 0.222. The molecule has 0 saturated heterocycles. The minimum Gasteiger partial charge on any atom is -0.318 e. The van der Waals surface area contributed by atoms with Crippen LogP contribution >= 0.6 is 15.9 Å². The van der Waals surface area contributed by atoms with Gasteiger partial charge in [0.2, 0.25) is 0 Å². The first-order valence-corrected chi connectivity index (χ1v) is 5.07. The Hall–Kier alpha value is -1.25. The highest BCUT2D eigenvalue weighted by atomic mass is 79.9. The molecule has 2 nitrogen and oxygen atoms in total. The number of hydrogen-bond acceptors (Lipinski definition) is 1. The Morgan fingerprint density at radius 3 is 2.28 bits per heavy atom. The minimum absolute atomic E-state index is 0.306. The van der Waals surface area contributed by atoms with Gasteiger partial charge in [-0.05, 0) is 22.0 Å². The van der Waals surface area contributed by atoms with E-state index in [9.17, 15) is 31.1 Å². The molecule has 0 aromatic heterocycles. The number of hydrogen-bond donors (Lipinski definition) is 1. The van der Waals surface area contributed by atoms with Gasteiger partial charge in [0.15, 0.2) is 0 Å². The Labute approximate surface area is 105 Å². The highest BCUT2D eigenvalue weighted by Gasteiger charge is 2.49. The number of alkyl halides is 4. The van der Waals surface area contributed by atoms with Crippen LogP contribution in [0, 0.1) is 11.6 Å². The highest BCUT2D eigenvalue weighted by Crippen LogP contribution is 2.28. The SMILES string of the molecule is O=C(Nc1cc(Br)c(F)cc1F)C(F)(F)C(F)F. The first-order chi connectivity index (χ1) is 8.16. The summed E-state index contributed by atoms with van der Waals surface area (Å²) in [4.78, 5) is 10.8. The number of amides is 1. The van der Waals surface area contributed by atoms with Crippen LogP contribution in [0.4, 0.5) is 32.0 Å². The monoisotopic (exact) mass is 335 g/mol. The number of halogens is 7. The molecule has 0 aliphatic carbocycles. The molecule has 100 valence electrons. The van der Waals surface area contributed by atoms with E-state index in [2.05, 4.69) is 15.9 Å². The summed E-state index contributed by atoms with van der Waals surface area (Å²) in [6.45, 7) is 0. The lowest BCUT2D eigenvalue weighted by atomic mass is 10.2. The van der Waals surface area contributed by atoms with Crippen LogP contribution in [0.25, 0.3) is 0 Å². The molecule has 1 rings (SSSR count). The second kappa shape index (κ2) is 5.17. The van der Waals surface area contributed by atoms with Gasteiger partial charge in [-0.25, -0.2) is 17.6 Å². The largest absolute Gasteiger partial charge is 0.383 e. The van der Waals surface area contributed by atoms with Crippen molar-refractivity contribution in [1.82, 2.24) is 0 Å². The van der Waals surface area contributed by atoms with E-state index in [-0.39, 0.29) is 4.47 Å². The average Bonchev–Trinajstić information content (AvgIpc) is 2.25. The molecule has 0 aliphatic rings. The zero-order valence-corrected chi connectivity index (χ0v) is 9.87. The molecular weight excluding hydrogens is 332 g/mol. The van der Waals surface area contributed by atoms with Crippen molar-refractivity contribution in [3.8, 4) is 0 Å². The third-order valence-corrected chi connectivity index (χ3v) is 2.44. The van der Waals surface area contributed by atoms with Gasteiger partial charge in [0, 0.05) is 6.07 Å². The third-order valence-electron chi connectivity index (χ3n) is 1.83. The Bertz CT molecular complexity index is 478. The van der Waals surface area contributed by atoms with E-state index >= 15 is 0 Å². The Morgan fingerprint density at radius 1 is 1.22 bits per heavy atom. The van der Waals surface area contributed by atoms with Crippen LogP contribution in [0.2, 0.25) is 0 Å². The van der Waals surface area contributed by atoms with E-state index in [0.717, 1.165) is 0 Å². The predicted octanol–water partition coefficient (Wildman–Crippen LogP) is 3.57. The predicted molar refractivity (Wildman–Crippen MR) is 53.6 cm³/mol. The number of carbonyl (C=O) groups excluding carboxylic acids is 1. The van der Waals surface area contributed by atoms with E-state index in [1.165, 1.54) is 5.32 Å². The number of anilines is 1. The maximum absolute atomic E-state index is 13.1. The van der Waals surface area contributed by atoms with Crippen LogP contribution in [-0.2, 0) is 4.79 Å². The smallest absolute Gasteiger partial charge is 0.318 e. The van der Waals surface area contributed by atoms with Gasteiger partial charge in [-0.2, -0.15) is 8.78 Å². The first kappa shape index (κ1) is 14.8. The summed E-state index contributed by atoms with van der Waals surface area (Å²) in [5.41, 5.74) is -0.839. The summed E-state index contributed by atoms with van der Waals surface area (Å²) in [7, 11) is 0. The molecule has 0 spiro atoms. The van der Waals surface area contributed by atoms with Gasteiger partial charge in [-0.1, -0.05) is 0 Å². The van der Waals surface area contributed by atoms with Gasteiger partial charge < -0.3 is 5.32 Å². The molecule has 1 aromatic rings. The molecule has 0 aliphatic heterocycles. The summed E-state index contributed by atoms with van der Waals surface area (Å²) < 4.78 is 74.3. The van der Waals surface area contributed by atoms with Crippen molar-refractivity contribution in [2.45, 2.75) is 12.3 Å². The summed E-state index contributed by atoms with van der Waals surface area (Å²) in [5.74, 6) is -9.75. The molecular formula is C9H4BrF6NO. The average molecular weight is 336 g/mol. The van der Waals surface area contributed by atoms with Crippen molar-refractivity contribution in [3.05, 3.63) is 28.2 Å². The van der Waals surface area contributed by atoms with Gasteiger partial charge in [0.1, 0.15) is 11.6 Å². The third kappa shape index (κ3) is 2.95. The van der Waals surface area contributed by atoms with Crippen molar-refractivity contribution >= 4 is 27.5 Å². The van der Waals surface area contributed by atoms with Crippen LogP contribution in [0.15, 0.2) is 16.6 Å². The standard InChI is InChI=1S/C9H4BrF6NO/c10-3-1-6(5(12)2-4(3)11)17-8(18)9(15,16)7(13)14/h1-2,7H,(H,17,18). The lowest BCUT2D eigenvalue weighted by Gasteiger charge is -2.15. The van der Waals surface area contributed by atoms with Crippen LogP contribution in [0.3, 0.4) is 0 Å². The van der Waals surface area contributed by atoms with Gasteiger partial charge in [0.05, 0.1) is 10.2 Å². The van der Waals surface area contributed by atoms with E-state index in [0.29, 0.717) is 12.1 Å². The van der Waals surface area contributed by atoms with E-state index in [1.54, 1.807) is 0 Å². The summed E-state index contributed by atoms with van der Waals surface area (Å²) in [6, 6.07) is 0.949. The molecule has 0 fully saturated rings. The minimum atomic E-state index is -4.96. The normalized spacial score (nSPS) is 11.8. The Kier molecular flexibility index (Phi) is 4.25. The van der Waals surface area contributed by atoms with Crippen molar-refractivity contribution in [2.24, 2.45) is 0 Å². The van der Waals surface area contributed by atoms with Crippen molar-refractivity contribution in [2.75, 3.05) is 5.32 Å². The molecule has 0 radical (unpaired) electrons. The van der Waals surface area contributed by atoms with Gasteiger partial charge in [-0.3, -0.25) is 4.79 Å². The topological polar surface area (TPSA) is 29.1 Å². The van der Waals surface area contributed by atoms with E-state index < -0.39 is 35.6 Å². The molecule has 9 heteroatoms. The number of rotatable bonds is 3. The second-order valence-corrected chi connectivity index (χ2v) is 3.98. The molecule has 1 amide bonds. The lowest BCUT2D eigenvalue weighted by Crippen LogP contribution is -2.41. The van der Waals surface area contributed by atoms with Crippen molar-refractivity contribution < 1.29 is 31.1 Å². The van der Waals surface area contributed by atoms with Gasteiger partial charge in [-0.15, -0.1) is 0 Å². The second-order valence-electron chi connectivity index (χ2n) is 3.12. The summed E-state index contributed by atoms with van der Waals surface area (Å²) in [6.07, 6.45) is -4.23. The first-order valence-electron chi connectivity index (χ1n) is 4.28. The number of benzene rings is 1. The number of carbonyl (C=O) groups is 1. The molecule has 18 heavy (non-hydrogen) atoms. The lowest BCUT2D eigenvalue weighted by molar-refractivity contribution is -0.163. The van der Waals surface area contributed by atoms with Crippen molar-refractivity contribution in [3.63, 3.8) is 0 Å². The van der Waals surface area contributed by atoms with Crippen LogP contribution in [-0.4, -0.2) is 18.3 Å².